The molecule has 0 aromatic heterocycles. The third-order valence-electron chi connectivity index (χ3n) is 5.00. The van der Waals surface area contributed by atoms with E-state index in [0.717, 1.165) is 43.1 Å². The summed E-state index contributed by atoms with van der Waals surface area (Å²) in [5.74, 6) is 3.84. The average molecular weight is 224 g/mol. The van der Waals surface area contributed by atoms with Crippen molar-refractivity contribution in [2.75, 3.05) is 13.2 Å². The molecule has 0 amide bonds. The summed E-state index contributed by atoms with van der Waals surface area (Å²) in [4.78, 5) is 0. The molecule has 4 bridgehead atoms. The molecule has 92 valence electrons. The lowest BCUT2D eigenvalue weighted by molar-refractivity contribution is -0.126. The van der Waals surface area contributed by atoms with E-state index in [0.29, 0.717) is 12.7 Å². The maximum atomic E-state index is 8.75. The Bertz CT molecular complexity index is 211. The van der Waals surface area contributed by atoms with E-state index in [4.69, 9.17) is 9.84 Å². The zero-order chi connectivity index (χ0) is 11.0. The van der Waals surface area contributed by atoms with Gasteiger partial charge in [0, 0.05) is 13.2 Å². The van der Waals surface area contributed by atoms with E-state index in [2.05, 4.69) is 0 Å². The molecule has 0 saturated heterocycles. The minimum atomic E-state index is 0.311. The second kappa shape index (κ2) is 4.66. The highest BCUT2D eigenvalue weighted by Gasteiger charge is 2.48. The molecule has 0 unspecified atom stereocenters. The summed E-state index contributed by atoms with van der Waals surface area (Å²) < 4.78 is 6.11. The molecule has 2 nitrogen and oxygen atoms in total. The summed E-state index contributed by atoms with van der Waals surface area (Å²) in [5, 5.41) is 8.75. The van der Waals surface area contributed by atoms with E-state index in [-0.39, 0.29) is 0 Å². The highest BCUT2D eigenvalue weighted by atomic mass is 16.5. The molecule has 1 N–H and O–H groups in total. The Labute approximate surface area is 98.4 Å². The molecule has 4 saturated carbocycles. The Kier molecular flexibility index (Phi) is 3.21. The summed E-state index contributed by atoms with van der Waals surface area (Å²) in [5.41, 5.74) is 0. The van der Waals surface area contributed by atoms with Crippen LogP contribution in [0.1, 0.15) is 44.9 Å². The lowest BCUT2D eigenvalue weighted by Gasteiger charge is -2.54. The predicted molar refractivity (Wildman–Crippen MR) is 63.1 cm³/mol. The van der Waals surface area contributed by atoms with Crippen molar-refractivity contribution in [1.82, 2.24) is 0 Å². The maximum absolute atomic E-state index is 8.75. The van der Waals surface area contributed by atoms with Crippen LogP contribution in [0.5, 0.6) is 0 Å². The lowest BCUT2D eigenvalue weighted by Crippen LogP contribution is -2.49. The first-order valence-corrected chi connectivity index (χ1v) is 7.09. The molecule has 0 spiro atoms. The largest absolute Gasteiger partial charge is 0.396 e. The molecule has 4 aliphatic rings. The third kappa shape index (κ3) is 2.02. The highest BCUT2D eigenvalue weighted by Crippen LogP contribution is 2.54. The summed E-state index contributed by atoms with van der Waals surface area (Å²) in [6.07, 6.45) is 9.79. The number of aliphatic hydroxyl groups is 1. The first kappa shape index (κ1) is 11.0. The van der Waals surface area contributed by atoms with Gasteiger partial charge in [0.05, 0.1) is 6.10 Å². The Morgan fingerprint density at radius 1 is 0.875 bits per heavy atom. The molecule has 4 aliphatic carbocycles. The van der Waals surface area contributed by atoms with Crippen molar-refractivity contribution >= 4 is 0 Å². The van der Waals surface area contributed by atoms with Crippen LogP contribution in [0, 0.1) is 23.7 Å². The van der Waals surface area contributed by atoms with Gasteiger partial charge in [0.15, 0.2) is 0 Å². The Morgan fingerprint density at radius 2 is 1.50 bits per heavy atom. The minimum Gasteiger partial charge on any atom is -0.396 e. The van der Waals surface area contributed by atoms with Crippen LogP contribution in [0.2, 0.25) is 0 Å². The van der Waals surface area contributed by atoms with E-state index in [1.807, 2.05) is 0 Å². The summed E-state index contributed by atoms with van der Waals surface area (Å²) in [6, 6.07) is 0. The number of ether oxygens (including phenoxy) is 1. The molecular weight excluding hydrogens is 200 g/mol. The Morgan fingerprint density at radius 3 is 2.06 bits per heavy atom. The van der Waals surface area contributed by atoms with Gasteiger partial charge in [-0.25, -0.2) is 0 Å². The van der Waals surface area contributed by atoms with Gasteiger partial charge in [0.25, 0.3) is 0 Å². The van der Waals surface area contributed by atoms with Gasteiger partial charge in [-0.2, -0.15) is 0 Å². The van der Waals surface area contributed by atoms with Crippen LogP contribution in [-0.2, 0) is 4.74 Å². The van der Waals surface area contributed by atoms with Crippen LogP contribution < -0.4 is 0 Å². The fourth-order valence-corrected chi connectivity index (χ4v) is 4.58. The first-order chi connectivity index (χ1) is 7.86. The lowest BCUT2D eigenvalue weighted by atomic mass is 9.55. The van der Waals surface area contributed by atoms with E-state index in [1.165, 1.54) is 32.1 Å². The molecule has 2 heteroatoms. The van der Waals surface area contributed by atoms with E-state index in [1.54, 1.807) is 0 Å². The van der Waals surface area contributed by atoms with Gasteiger partial charge in [-0.05, 0) is 68.6 Å². The van der Waals surface area contributed by atoms with Crippen molar-refractivity contribution in [2.24, 2.45) is 23.7 Å². The van der Waals surface area contributed by atoms with Gasteiger partial charge in [0.2, 0.25) is 0 Å². The molecule has 4 fully saturated rings. The summed E-state index contributed by atoms with van der Waals surface area (Å²) in [7, 11) is 0. The molecule has 0 aromatic rings. The maximum Gasteiger partial charge on any atom is 0.0631 e. The third-order valence-corrected chi connectivity index (χ3v) is 5.00. The number of hydrogen-bond acceptors (Lipinski definition) is 2. The highest BCUT2D eigenvalue weighted by molar-refractivity contribution is 4.98. The second-order valence-corrected chi connectivity index (χ2v) is 6.20. The molecule has 0 aromatic carbocycles. The van der Waals surface area contributed by atoms with Crippen molar-refractivity contribution in [3.05, 3.63) is 0 Å². The normalized spacial score (nSPS) is 45.2. The SMILES string of the molecule is OCCCCOC1C2CC3CC(C2)CC1C3. The number of rotatable bonds is 5. The van der Waals surface area contributed by atoms with Crippen LogP contribution in [0.4, 0.5) is 0 Å². The van der Waals surface area contributed by atoms with Crippen LogP contribution >= 0.6 is 0 Å². The van der Waals surface area contributed by atoms with Crippen LogP contribution in [0.25, 0.3) is 0 Å². The molecule has 16 heavy (non-hydrogen) atoms. The van der Waals surface area contributed by atoms with Crippen LogP contribution in [-0.4, -0.2) is 24.4 Å². The van der Waals surface area contributed by atoms with E-state index >= 15 is 0 Å². The number of aliphatic hydroxyl groups excluding tert-OH is 1. The molecule has 4 rings (SSSR count). The van der Waals surface area contributed by atoms with Crippen molar-refractivity contribution in [3.8, 4) is 0 Å². The zero-order valence-electron chi connectivity index (χ0n) is 10.1. The molecule has 0 radical (unpaired) electrons. The van der Waals surface area contributed by atoms with Crippen molar-refractivity contribution in [2.45, 2.75) is 51.0 Å². The monoisotopic (exact) mass is 224 g/mol. The Hall–Kier alpha value is -0.0800. The van der Waals surface area contributed by atoms with E-state index in [9.17, 15) is 0 Å². The van der Waals surface area contributed by atoms with Crippen molar-refractivity contribution in [1.29, 1.82) is 0 Å². The smallest absolute Gasteiger partial charge is 0.0631 e. The van der Waals surface area contributed by atoms with Gasteiger partial charge >= 0.3 is 0 Å². The fourth-order valence-electron chi connectivity index (χ4n) is 4.58. The van der Waals surface area contributed by atoms with Crippen molar-refractivity contribution < 1.29 is 9.84 Å². The van der Waals surface area contributed by atoms with Crippen molar-refractivity contribution in [3.63, 3.8) is 0 Å². The summed E-state index contributed by atoms with van der Waals surface area (Å²) in [6.45, 7) is 1.18. The van der Waals surface area contributed by atoms with Gasteiger partial charge < -0.3 is 9.84 Å². The molecule has 0 aliphatic heterocycles. The Balaban J connectivity index is 1.52. The topological polar surface area (TPSA) is 29.5 Å². The van der Waals surface area contributed by atoms with Gasteiger partial charge in [-0.15, -0.1) is 0 Å². The molecular formula is C14H24O2. The van der Waals surface area contributed by atoms with Gasteiger partial charge in [-0.3, -0.25) is 0 Å². The van der Waals surface area contributed by atoms with Gasteiger partial charge in [0.1, 0.15) is 0 Å². The molecule has 0 atom stereocenters. The van der Waals surface area contributed by atoms with Crippen LogP contribution in [0.3, 0.4) is 0 Å². The van der Waals surface area contributed by atoms with Gasteiger partial charge in [-0.1, -0.05) is 0 Å². The van der Waals surface area contributed by atoms with Crippen LogP contribution in [0.15, 0.2) is 0 Å². The quantitative estimate of drug-likeness (QED) is 0.727. The molecule has 0 heterocycles. The first-order valence-electron chi connectivity index (χ1n) is 7.09. The standard InChI is InChI=1S/C14H24O2/c15-3-1-2-4-16-14-12-6-10-5-11(8-12)9-13(14)7-10/h10-15H,1-9H2. The minimum absolute atomic E-state index is 0.311. The fraction of sp³-hybridized carbons (Fsp3) is 1.00. The second-order valence-electron chi connectivity index (χ2n) is 6.20. The average Bonchev–Trinajstić information content (AvgIpc) is 2.26. The number of unbranched alkanes of at least 4 members (excludes halogenated alkanes) is 1. The number of hydrogen-bond donors (Lipinski definition) is 1. The summed E-state index contributed by atoms with van der Waals surface area (Å²) >= 11 is 0. The van der Waals surface area contributed by atoms with E-state index < -0.39 is 0 Å². The zero-order valence-corrected chi connectivity index (χ0v) is 10.1. The predicted octanol–water partition coefficient (Wildman–Crippen LogP) is 2.60.